The molecule has 59 heavy (non-hydrogen) atoms. The highest BCUT2D eigenvalue weighted by Gasteiger charge is 2.38. The summed E-state index contributed by atoms with van der Waals surface area (Å²) in [7, 11) is 0. The lowest BCUT2D eigenvalue weighted by molar-refractivity contribution is -0.181. The number of rotatable bonds is 20. The second kappa shape index (κ2) is 20.4. The molecule has 3 rings (SSSR count). The fourth-order valence-corrected chi connectivity index (χ4v) is 5.39. The maximum atomic E-state index is 13.6. The summed E-state index contributed by atoms with van der Waals surface area (Å²) in [6.07, 6.45) is -10.5. The van der Waals surface area contributed by atoms with E-state index < -0.39 is 138 Å². The molecule has 318 valence electrons. The van der Waals surface area contributed by atoms with Crippen molar-refractivity contribution in [2.75, 3.05) is 5.32 Å². The monoisotopic (exact) mass is 837 g/mol. The van der Waals surface area contributed by atoms with Crippen molar-refractivity contribution in [2.24, 2.45) is 5.92 Å². The number of carbonyl (C=O) groups excluding carboxylic acids is 4. The van der Waals surface area contributed by atoms with Gasteiger partial charge in [-0.2, -0.15) is 18.2 Å². The number of nitrogens with zero attached hydrogens (tertiary/aromatic N) is 1. The van der Waals surface area contributed by atoms with Crippen LogP contribution in [0, 0.1) is 5.92 Å². The summed E-state index contributed by atoms with van der Waals surface area (Å²) in [5, 5.41) is 46.3. The lowest BCUT2D eigenvalue weighted by Crippen LogP contribution is -2.59. The fourth-order valence-electron chi connectivity index (χ4n) is 5.39. The van der Waals surface area contributed by atoms with Gasteiger partial charge in [0.1, 0.15) is 30.3 Å². The molecule has 0 aliphatic heterocycles. The van der Waals surface area contributed by atoms with E-state index in [4.69, 9.17) is 9.25 Å². The molecular weight excluding hydrogens is 799 g/mol. The van der Waals surface area contributed by atoms with Crippen molar-refractivity contribution in [1.29, 1.82) is 0 Å². The number of anilines is 1. The Morgan fingerprint density at radius 2 is 1.39 bits per heavy atom. The number of hydrogen-bond acceptors (Lipinski definition) is 11. The Balaban J connectivity index is 1.84. The average Bonchev–Trinajstić information content (AvgIpc) is 3.13. The molecule has 20 nitrogen and oxygen atoms in total. The quantitative estimate of drug-likeness (QED) is 0.0597. The maximum absolute atomic E-state index is 13.6. The molecular formula is C36H38F3N5O15. The minimum absolute atomic E-state index is 0.0498. The molecule has 8 N–H and O–H groups in total. The second-order valence-electron chi connectivity index (χ2n) is 13.0. The first-order valence-corrected chi connectivity index (χ1v) is 17.3. The number of amides is 5. The van der Waals surface area contributed by atoms with Crippen LogP contribution in [-0.2, 0) is 51.2 Å². The molecule has 0 aliphatic carbocycles. The Kier molecular flexibility index (Phi) is 16.0. The van der Waals surface area contributed by atoms with Gasteiger partial charge in [-0.05, 0) is 30.0 Å². The van der Waals surface area contributed by atoms with E-state index in [1.165, 1.54) is 13.8 Å². The van der Waals surface area contributed by atoms with E-state index in [1.54, 1.807) is 30.3 Å². The Hall–Kier alpha value is -7.04. The molecule has 0 saturated heterocycles. The van der Waals surface area contributed by atoms with Gasteiger partial charge in [-0.1, -0.05) is 44.2 Å². The van der Waals surface area contributed by atoms with Gasteiger partial charge in [-0.3, -0.25) is 38.4 Å². The van der Waals surface area contributed by atoms with Crippen molar-refractivity contribution in [3.05, 3.63) is 76.1 Å². The standard InChI is InChI=1S/C36H38F3N5O15/c1-17(2)30(34(55)42-23(14-27(47)48)32(53)40-19-8-9-20-21(36(37,38)39)13-29(51)59-25(20)12-19)43-31(52)22(10-11-26(45)46)41-33(54)24(15-28(49)50)44(35(56)57)58-16-18-6-4-3-5-7-18/h3-9,12-13,17,22-24,30H,10-11,14-16H2,1-2H3,(H,40,53)(H,41,54)(H,42,55)(H,43,52)(H,45,46)(H,47,48)(H,49,50)(H,56,57)/t22-,23-,24-,30-/m0/s1. The molecule has 0 aliphatic rings. The number of carbonyl (C=O) groups is 8. The van der Waals surface area contributed by atoms with Gasteiger partial charge < -0.3 is 46.1 Å². The lowest BCUT2D eigenvalue weighted by atomic mass is 10.0. The van der Waals surface area contributed by atoms with E-state index >= 15 is 0 Å². The Morgan fingerprint density at radius 3 is 1.95 bits per heavy atom. The molecule has 1 heterocycles. The van der Waals surface area contributed by atoms with Crippen molar-refractivity contribution >= 4 is 64.3 Å². The third-order valence-corrected chi connectivity index (χ3v) is 8.21. The first-order valence-electron chi connectivity index (χ1n) is 17.3. The van der Waals surface area contributed by atoms with Gasteiger partial charge in [0.2, 0.25) is 23.6 Å². The molecule has 5 amide bonds. The van der Waals surface area contributed by atoms with Crippen LogP contribution >= 0.6 is 0 Å². The average molecular weight is 838 g/mol. The molecule has 2 aromatic carbocycles. The summed E-state index contributed by atoms with van der Waals surface area (Å²) in [4.78, 5) is 118. The normalized spacial score (nSPS) is 13.3. The number of hydrogen-bond donors (Lipinski definition) is 8. The number of alkyl halides is 3. The number of aliphatic carboxylic acids is 3. The molecule has 0 fully saturated rings. The smallest absolute Gasteiger partial charge is 0.432 e. The summed E-state index contributed by atoms with van der Waals surface area (Å²) in [5.41, 5.74) is -3.10. The minimum atomic E-state index is -4.94. The number of carboxylic acids is 3. The number of benzene rings is 2. The molecule has 3 aromatic rings. The largest absolute Gasteiger partial charge is 0.481 e. The summed E-state index contributed by atoms with van der Waals surface area (Å²) in [5.74, 6) is -10.6. The van der Waals surface area contributed by atoms with E-state index in [-0.39, 0.29) is 16.8 Å². The topological polar surface area (TPSA) is 308 Å². The predicted molar refractivity (Wildman–Crippen MR) is 193 cm³/mol. The molecule has 0 bridgehead atoms. The Bertz CT molecular complexity index is 2130. The molecule has 0 spiro atoms. The van der Waals surface area contributed by atoms with Crippen LogP contribution in [0.15, 0.2) is 63.8 Å². The molecule has 23 heteroatoms. The van der Waals surface area contributed by atoms with Gasteiger partial charge in [-0.25, -0.2) is 9.59 Å². The third kappa shape index (κ3) is 13.8. The SMILES string of the molecule is CC(C)[C@H](NC(=O)[C@H](CCC(=O)O)NC(=O)[C@H](CC(=O)O)N(OCc1ccccc1)C(=O)O)C(=O)N[C@@H](CC(=O)O)C(=O)Nc1ccc2c(C(F)(F)F)cc(=O)oc2c1. The first kappa shape index (κ1) is 46.3. The minimum Gasteiger partial charge on any atom is -0.481 e. The number of hydroxylamine groups is 2. The van der Waals surface area contributed by atoms with Gasteiger partial charge in [0, 0.05) is 29.6 Å². The van der Waals surface area contributed by atoms with E-state index in [0.717, 1.165) is 18.2 Å². The van der Waals surface area contributed by atoms with Crippen molar-refractivity contribution in [1.82, 2.24) is 21.0 Å². The van der Waals surface area contributed by atoms with Gasteiger partial charge in [0.15, 0.2) is 6.04 Å². The summed E-state index contributed by atoms with van der Waals surface area (Å²) in [6.45, 7) is 2.36. The van der Waals surface area contributed by atoms with Crippen molar-refractivity contribution < 1.29 is 81.2 Å². The highest BCUT2D eigenvalue weighted by Crippen LogP contribution is 2.34. The predicted octanol–water partition coefficient (Wildman–Crippen LogP) is 2.16. The zero-order valence-electron chi connectivity index (χ0n) is 31.0. The third-order valence-electron chi connectivity index (χ3n) is 8.21. The molecule has 4 atom stereocenters. The Labute approximate surface area is 330 Å². The zero-order chi connectivity index (χ0) is 44.2. The first-order chi connectivity index (χ1) is 27.6. The van der Waals surface area contributed by atoms with Gasteiger partial charge in [-0.15, -0.1) is 0 Å². The number of nitrogens with one attached hydrogen (secondary N) is 4. The molecule has 0 saturated carbocycles. The molecule has 0 radical (unpaired) electrons. The van der Waals surface area contributed by atoms with Crippen molar-refractivity contribution in [3.8, 4) is 0 Å². The van der Waals surface area contributed by atoms with Crippen LogP contribution in [0.25, 0.3) is 11.0 Å². The van der Waals surface area contributed by atoms with E-state index in [9.17, 15) is 76.7 Å². The van der Waals surface area contributed by atoms with Crippen LogP contribution < -0.4 is 26.9 Å². The summed E-state index contributed by atoms with van der Waals surface area (Å²) in [6, 6.07) is 3.38. The van der Waals surface area contributed by atoms with E-state index in [1.807, 2.05) is 0 Å². The van der Waals surface area contributed by atoms with Gasteiger partial charge in [0.05, 0.1) is 18.4 Å². The number of carboxylic acid groups (broad SMARTS) is 4. The van der Waals surface area contributed by atoms with Crippen LogP contribution in [0.1, 0.15) is 50.7 Å². The summed E-state index contributed by atoms with van der Waals surface area (Å²) < 4.78 is 45.2. The van der Waals surface area contributed by atoms with Crippen LogP contribution in [0.2, 0.25) is 0 Å². The van der Waals surface area contributed by atoms with Gasteiger partial charge in [0.25, 0.3) is 0 Å². The second-order valence-corrected chi connectivity index (χ2v) is 13.0. The number of halogens is 3. The highest BCUT2D eigenvalue weighted by atomic mass is 19.4. The highest BCUT2D eigenvalue weighted by molar-refractivity contribution is 6.01. The fraction of sp³-hybridized carbons (Fsp3) is 0.361. The Morgan fingerprint density at radius 1 is 0.763 bits per heavy atom. The lowest BCUT2D eigenvalue weighted by Gasteiger charge is -2.29. The van der Waals surface area contributed by atoms with Crippen molar-refractivity contribution in [2.45, 2.75) is 76.5 Å². The maximum Gasteiger partial charge on any atom is 0.432 e. The van der Waals surface area contributed by atoms with Crippen LogP contribution in [0.4, 0.5) is 23.7 Å². The van der Waals surface area contributed by atoms with Crippen molar-refractivity contribution in [3.63, 3.8) is 0 Å². The zero-order valence-corrected chi connectivity index (χ0v) is 31.0. The van der Waals surface area contributed by atoms with Crippen LogP contribution in [0.5, 0.6) is 0 Å². The molecule has 0 unspecified atom stereocenters. The molecule has 1 aromatic heterocycles. The number of fused-ring (bicyclic) bond motifs is 1. The van der Waals surface area contributed by atoms with E-state index in [2.05, 4.69) is 21.3 Å². The van der Waals surface area contributed by atoms with E-state index in [0.29, 0.717) is 5.56 Å². The van der Waals surface area contributed by atoms with Crippen LogP contribution in [-0.4, -0.2) is 97.3 Å². The van der Waals surface area contributed by atoms with Crippen LogP contribution in [0.3, 0.4) is 0 Å². The summed E-state index contributed by atoms with van der Waals surface area (Å²) >= 11 is 0. The van der Waals surface area contributed by atoms with Gasteiger partial charge >= 0.3 is 35.8 Å².